The molecule has 4 rings (SSSR count). The second-order valence-electron chi connectivity index (χ2n) is 7.95. The number of carbonyl (C=O) groups excluding carboxylic acids is 1. The van der Waals surface area contributed by atoms with Crippen molar-refractivity contribution >= 4 is 17.5 Å². The maximum Gasteiger partial charge on any atom is 0.236 e. The number of piperazine rings is 1. The van der Waals surface area contributed by atoms with E-state index in [4.69, 9.17) is 21.1 Å². The summed E-state index contributed by atoms with van der Waals surface area (Å²) in [6.07, 6.45) is 4.81. The fourth-order valence-electron chi connectivity index (χ4n) is 4.23. The van der Waals surface area contributed by atoms with Gasteiger partial charge in [0, 0.05) is 45.8 Å². The van der Waals surface area contributed by atoms with Crippen molar-refractivity contribution in [1.29, 1.82) is 0 Å². The third-order valence-corrected chi connectivity index (χ3v) is 6.13. The van der Waals surface area contributed by atoms with Crippen LogP contribution in [-0.4, -0.2) is 79.6 Å². The SMILES string of the molecule is O=C(CN1CCN(Cc2cc(Cl)c3c(c2)OCCO3)CC1)N1CCCCCC1. The maximum absolute atomic E-state index is 12.6. The fourth-order valence-corrected chi connectivity index (χ4v) is 4.52. The predicted octanol–water partition coefficient (Wildman–Crippen LogP) is 2.63. The Bertz CT molecular complexity index is 684. The number of rotatable bonds is 4. The Morgan fingerprint density at radius 3 is 2.32 bits per heavy atom. The molecule has 0 bridgehead atoms. The van der Waals surface area contributed by atoms with Gasteiger partial charge in [0.1, 0.15) is 13.2 Å². The van der Waals surface area contributed by atoms with E-state index in [0.29, 0.717) is 36.4 Å². The van der Waals surface area contributed by atoms with E-state index < -0.39 is 0 Å². The molecule has 3 heterocycles. The number of hydrogen-bond donors (Lipinski definition) is 0. The van der Waals surface area contributed by atoms with E-state index in [2.05, 4.69) is 14.7 Å². The monoisotopic (exact) mass is 407 g/mol. The van der Waals surface area contributed by atoms with Gasteiger partial charge in [-0.15, -0.1) is 0 Å². The number of amides is 1. The summed E-state index contributed by atoms with van der Waals surface area (Å²) < 4.78 is 11.3. The van der Waals surface area contributed by atoms with Gasteiger partial charge in [-0.3, -0.25) is 14.6 Å². The normalized spacial score (nSPS) is 21.4. The summed E-state index contributed by atoms with van der Waals surface area (Å²) in [6, 6.07) is 4.01. The number of ether oxygens (including phenoxy) is 2. The van der Waals surface area contributed by atoms with Crippen molar-refractivity contribution in [3.8, 4) is 11.5 Å². The molecule has 3 aliphatic rings. The zero-order valence-electron chi connectivity index (χ0n) is 16.5. The summed E-state index contributed by atoms with van der Waals surface area (Å²) in [6.45, 7) is 8.15. The van der Waals surface area contributed by atoms with Gasteiger partial charge >= 0.3 is 0 Å². The van der Waals surface area contributed by atoms with Crippen molar-refractivity contribution in [3.63, 3.8) is 0 Å². The van der Waals surface area contributed by atoms with Crippen LogP contribution in [-0.2, 0) is 11.3 Å². The molecule has 0 unspecified atom stereocenters. The van der Waals surface area contributed by atoms with Crippen LogP contribution in [0.4, 0.5) is 0 Å². The Kier molecular flexibility index (Phi) is 6.60. The zero-order valence-corrected chi connectivity index (χ0v) is 17.3. The van der Waals surface area contributed by atoms with Gasteiger partial charge in [-0.2, -0.15) is 0 Å². The van der Waals surface area contributed by atoms with E-state index in [1.807, 2.05) is 12.1 Å². The lowest BCUT2D eigenvalue weighted by Crippen LogP contribution is -2.49. The van der Waals surface area contributed by atoms with Crippen LogP contribution in [0.3, 0.4) is 0 Å². The Labute approximate surface area is 172 Å². The number of halogens is 1. The maximum atomic E-state index is 12.6. The third-order valence-electron chi connectivity index (χ3n) is 5.85. The first-order chi connectivity index (χ1) is 13.7. The van der Waals surface area contributed by atoms with Gasteiger partial charge in [-0.05, 0) is 30.5 Å². The molecular weight excluding hydrogens is 378 g/mol. The number of nitrogens with zero attached hydrogens (tertiary/aromatic N) is 3. The Hall–Kier alpha value is -1.50. The highest BCUT2D eigenvalue weighted by Gasteiger charge is 2.23. The predicted molar refractivity (Wildman–Crippen MR) is 109 cm³/mol. The number of hydrogen-bond acceptors (Lipinski definition) is 5. The van der Waals surface area contributed by atoms with Crippen LogP contribution in [0.1, 0.15) is 31.2 Å². The van der Waals surface area contributed by atoms with E-state index >= 15 is 0 Å². The van der Waals surface area contributed by atoms with Gasteiger partial charge in [0.2, 0.25) is 5.91 Å². The molecule has 0 atom stereocenters. The van der Waals surface area contributed by atoms with Gasteiger partial charge < -0.3 is 14.4 Å². The topological polar surface area (TPSA) is 45.3 Å². The molecule has 0 radical (unpaired) electrons. The first-order valence-corrected chi connectivity index (χ1v) is 10.9. The highest BCUT2D eigenvalue weighted by atomic mass is 35.5. The Morgan fingerprint density at radius 2 is 1.57 bits per heavy atom. The van der Waals surface area contributed by atoms with Crippen LogP contribution in [0.5, 0.6) is 11.5 Å². The molecule has 3 aliphatic heterocycles. The highest BCUT2D eigenvalue weighted by molar-refractivity contribution is 6.32. The highest BCUT2D eigenvalue weighted by Crippen LogP contribution is 2.38. The molecule has 0 saturated carbocycles. The minimum atomic E-state index is 0.300. The van der Waals surface area contributed by atoms with Crippen molar-refractivity contribution in [2.75, 3.05) is 59.0 Å². The molecule has 2 fully saturated rings. The van der Waals surface area contributed by atoms with E-state index in [1.165, 1.54) is 12.8 Å². The first kappa shape index (κ1) is 19.8. The van der Waals surface area contributed by atoms with Gasteiger partial charge in [0.15, 0.2) is 11.5 Å². The lowest BCUT2D eigenvalue weighted by atomic mass is 10.1. The summed E-state index contributed by atoms with van der Waals surface area (Å²) >= 11 is 6.36. The second-order valence-corrected chi connectivity index (χ2v) is 8.36. The molecule has 0 spiro atoms. The Balaban J connectivity index is 1.26. The quantitative estimate of drug-likeness (QED) is 0.767. The zero-order chi connectivity index (χ0) is 19.3. The standard InChI is InChI=1S/C21H30ClN3O3/c22-18-13-17(14-19-21(18)28-12-11-27-19)15-23-7-9-24(10-8-23)16-20(26)25-5-3-1-2-4-6-25/h13-14H,1-12,15-16H2. The van der Waals surface area contributed by atoms with Crippen LogP contribution in [0.15, 0.2) is 12.1 Å². The van der Waals surface area contributed by atoms with Crippen LogP contribution in [0.2, 0.25) is 5.02 Å². The van der Waals surface area contributed by atoms with Crippen molar-refractivity contribution in [3.05, 3.63) is 22.7 Å². The average molecular weight is 408 g/mol. The molecule has 28 heavy (non-hydrogen) atoms. The number of fused-ring (bicyclic) bond motifs is 1. The van der Waals surface area contributed by atoms with Gasteiger partial charge in [0.25, 0.3) is 0 Å². The van der Waals surface area contributed by atoms with Crippen molar-refractivity contribution in [2.45, 2.75) is 32.2 Å². The minimum Gasteiger partial charge on any atom is -0.486 e. The minimum absolute atomic E-state index is 0.300. The lowest BCUT2D eigenvalue weighted by molar-refractivity contribution is -0.132. The smallest absolute Gasteiger partial charge is 0.236 e. The number of carbonyl (C=O) groups is 1. The van der Waals surface area contributed by atoms with Gasteiger partial charge in [-0.25, -0.2) is 0 Å². The van der Waals surface area contributed by atoms with Crippen LogP contribution < -0.4 is 9.47 Å². The molecule has 6 nitrogen and oxygen atoms in total. The molecule has 154 valence electrons. The van der Waals surface area contributed by atoms with Gasteiger partial charge in [0.05, 0.1) is 11.6 Å². The van der Waals surface area contributed by atoms with Crippen LogP contribution >= 0.6 is 11.6 Å². The van der Waals surface area contributed by atoms with E-state index in [0.717, 1.165) is 70.0 Å². The molecular formula is C21H30ClN3O3. The van der Waals surface area contributed by atoms with E-state index in [-0.39, 0.29) is 0 Å². The van der Waals surface area contributed by atoms with Crippen molar-refractivity contribution in [2.24, 2.45) is 0 Å². The molecule has 0 aromatic heterocycles. The third kappa shape index (κ3) is 4.91. The van der Waals surface area contributed by atoms with Crippen LogP contribution in [0.25, 0.3) is 0 Å². The summed E-state index contributed by atoms with van der Waals surface area (Å²) in [7, 11) is 0. The first-order valence-electron chi connectivity index (χ1n) is 10.5. The molecule has 1 amide bonds. The molecule has 1 aromatic carbocycles. The fraction of sp³-hybridized carbons (Fsp3) is 0.667. The largest absolute Gasteiger partial charge is 0.486 e. The van der Waals surface area contributed by atoms with E-state index in [1.54, 1.807) is 0 Å². The average Bonchev–Trinajstić information content (AvgIpc) is 2.99. The summed E-state index contributed by atoms with van der Waals surface area (Å²) in [5.41, 5.74) is 1.14. The molecule has 0 aliphatic carbocycles. The van der Waals surface area contributed by atoms with Crippen molar-refractivity contribution < 1.29 is 14.3 Å². The lowest BCUT2D eigenvalue weighted by Gasteiger charge is -2.35. The molecule has 1 aromatic rings. The summed E-state index contributed by atoms with van der Waals surface area (Å²) in [5.74, 6) is 1.71. The van der Waals surface area contributed by atoms with Crippen molar-refractivity contribution in [1.82, 2.24) is 14.7 Å². The second kappa shape index (κ2) is 9.33. The summed E-state index contributed by atoms with van der Waals surface area (Å²) in [4.78, 5) is 19.4. The summed E-state index contributed by atoms with van der Waals surface area (Å²) in [5, 5.41) is 0.619. The van der Waals surface area contributed by atoms with Crippen LogP contribution in [0, 0.1) is 0 Å². The Morgan fingerprint density at radius 1 is 0.893 bits per heavy atom. The van der Waals surface area contributed by atoms with Gasteiger partial charge in [-0.1, -0.05) is 24.4 Å². The number of likely N-dealkylation sites (tertiary alicyclic amines) is 1. The number of benzene rings is 1. The molecule has 0 N–H and O–H groups in total. The molecule has 7 heteroatoms. The molecule has 2 saturated heterocycles. The van der Waals surface area contributed by atoms with E-state index in [9.17, 15) is 4.79 Å².